The van der Waals surface area contributed by atoms with Crippen LogP contribution in [0.3, 0.4) is 0 Å². The number of rotatable bonds is 1. The SMILES string of the molecule is N#CC#Cc1cc(F)c(F)cc1[N+](=O)[O-]. The number of halogens is 2. The molecule has 0 aromatic heterocycles. The molecule has 1 aromatic carbocycles. The first-order chi connectivity index (χ1) is 7.06. The molecule has 15 heavy (non-hydrogen) atoms. The summed E-state index contributed by atoms with van der Waals surface area (Å²) in [5.74, 6) is 1.34. The predicted molar refractivity (Wildman–Crippen MR) is 45.5 cm³/mol. The summed E-state index contributed by atoms with van der Waals surface area (Å²) in [5.41, 5.74) is -1.00. The molecule has 0 radical (unpaired) electrons. The second-order valence-corrected chi connectivity index (χ2v) is 2.40. The minimum atomic E-state index is -1.33. The molecule has 0 fully saturated rings. The van der Waals surface area contributed by atoms with Crippen LogP contribution in [0, 0.1) is 44.9 Å². The molecule has 74 valence electrons. The van der Waals surface area contributed by atoms with Crippen LogP contribution in [-0.2, 0) is 0 Å². The van der Waals surface area contributed by atoms with Gasteiger partial charge in [-0.2, -0.15) is 5.26 Å². The van der Waals surface area contributed by atoms with Gasteiger partial charge in [0.1, 0.15) is 5.56 Å². The van der Waals surface area contributed by atoms with Crippen molar-refractivity contribution in [3.05, 3.63) is 39.4 Å². The maximum atomic E-state index is 12.7. The average molecular weight is 208 g/mol. The third-order valence-electron chi connectivity index (χ3n) is 1.49. The molecule has 0 aliphatic carbocycles. The Morgan fingerprint density at radius 2 is 1.93 bits per heavy atom. The van der Waals surface area contributed by atoms with E-state index in [-0.39, 0.29) is 5.56 Å². The Morgan fingerprint density at radius 3 is 2.47 bits per heavy atom. The van der Waals surface area contributed by atoms with Gasteiger partial charge in [-0.05, 0) is 12.0 Å². The van der Waals surface area contributed by atoms with E-state index in [0.29, 0.717) is 12.1 Å². The molecule has 0 atom stereocenters. The summed E-state index contributed by atoms with van der Waals surface area (Å²) < 4.78 is 25.4. The van der Waals surface area contributed by atoms with E-state index in [9.17, 15) is 18.9 Å². The number of nitro benzene ring substituents is 1. The average Bonchev–Trinajstić information content (AvgIpc) is 2.19. The van der Waals surface area contributed by atoms with Crippen LogP contribution in [0.5, 0.6) is 0 Å². The Labute approximate surface area is 82.9 Å². The fourth-order valence-electron chi connectivity index (χ4n) is 0.883. The van der Waals surface area contributed by atoms with Crippen LogP contribution < -0.4 is 0 Å². The Morgan fingerprint density at radius 1 is 1.33 bits per heavy atom. The van der Waals surface area contributed by atoms with Crippen molar-refractivity contribution in [3.63, 3.8) is 0 Å². The van der Waals surface area contributed by atoms with E-state index in [0.717, 1.165) is 0 Å². The molecule has 0 heterocycles. The van der Waals surface area contributed by atoms with Crippen molar-refractivity contribution in [2.24, 2.45) is 0 Å². The zero-order valence-corrected chi connectivity index (χ0v) is 7.12. The van der Waals surface area contributed by atoms with E-state index in [1.165, 1.54) is 6.07 Å². The first kappa shape index (κ1) is 10.6. The van der Waals surface area contributed by atoms with Crippen LogP contribution >= 0.6 is 0 Å². The topological polar surface area (TPSA) is 66.9 Å². The highest BCUT2D eigenvalue weighted by Gasteiger charge is 2.17. The molecule has 0 saturated carbocycles. The van der Waals surface area contributed by atoms with Crippen molar-refractivity contribution in [3.8, 4) is 17.9 Å². The van der Waals surface area contributed by atoms with Gasteiger partial charge in [-0.3, -0.25) is 10.1 Å². The lowest BCUT2D eigenvalue weighted by molar-refractivity contribution is -0.385. The van der Waals surface area contributed by atoms with Gasteiger partial charge in [0.05, 0.1) is 11.0 Å². The summed E-state index contributed by atoms with van der Waals surface area (Å²) >= 11 is 0. The number of benzene rings is 1. The summed E-state index contributed by atoms with van der Waals surface area (Å²) in [6.45, 7) is 0. The second-order valence-electron chi connectivity index (χ2n) is 2.40. The molecule has 0 spiro atoms. The molecule has 6 heteroatoms. The van der Waals surface area contributed by atoms with Gasteiger partial charge in [0, 0.05) is 5.92 Å². The molecule has 0 aliphatic heterocycles. The standard InChI is InChI=1S/C9H2F2N2O2/c10-7-4-6(2-1-3-12)9(13(14)15)5-8(7)11/h4-5H. The number of hydrogen-bond acceptors (Lipinski definition) is 3. The lowest BCUT2D eigenvalue weighted by Gasteiger charge is -1.96. The quantitative estimate of drug-likeness (QED) is 0.401. The van der Waals surface area contributed by atoms with Gasteiger partial charge in [-0.25, -0.2) is 8.78 Å². The van der Waals surface area contributed by atoms with Crippen molar-refractivity contribution in [2.75, 3.05) is 0 Å². The maximum absolute atomic E-state index is 12.7. The van der Waals surface area contributed by atoms with E-state index in [1.807, 2.05) is 5.92 Å². The fourth-order valence-corrected chi connectivity index (χ4v) is 0.883. The third kappa shape index (κ3) is 2.26. The van der Waals surface area contributed by atoms with Gasteiger partial charge in [0.2, 0.25) is 0 Å². The van der Waals surface area contributed by atoms with E-state index in [1.54, 1.807) is 0 Å². The summed E-state index contributed by atoms with van der Waals surface area (Å²) in [6.07, 6.45) is 0. The molecule has 0 N–H and O–H groups in total. The summed E-state index contributed by atoms with van der Waals surface area (Å²) in [7, 11) is 0. The van der Waals surface area contributed by atoms with Gasteiger partial charge in [-0.15, -0.1) is 0 Å². The number of nitrogens with zero attached hydrogens (tertiary/aromatic N) is 2. The van der Waals surface area contributed by atoms with Crippen molar-refractivity contribution in [1.82, 2.24) is 0 Å². The molecule has 0 aliphatic rings. The lowest BCUT2D eigenvalue weighted by atomic mass is 10.1. The fraction of sp³-hybridized carbons (Fsp3) is 0. The van der Waals surface area contributed by atoms with Gasteiger partial charge in [0.15, 0.2) is 17.7 Å². The van der Waals surface area contributed by atoms with Crippen LogP contribution in [0.25, 0.3) is 0 Å². The first-order valence-electron chi connectivity index (χ1n) is 3.60. The zero-order chi connectivity index (χ0) is 11.4. The molecule has 4 nitrogen and oxygen atoms in total. The number of nitriles is 1. The monoisotopic (exact) mass is 208 g/mol. The minimum Gasteiger partial charge on any atom is -0.258 e. The van der Waals surface area contributed by atoms with Crippen molar-refractivity contribution in [2.45, 2.75) is 0 Å². The Hall–Kier alpha value is -2.47. The highest BCUT2D eigenvalue weighted by molar-refractivity contribution is 5.52. The molecule has 0 saturated heterocycles. The largest absolute Gasteiger partial charge is 0.288 e. The van der Waals surface area contributed by atoms with Crippen LogP contribution in [0.2, 0.25) is 0 Å². The van der Waals surface area contributed by atoms with Crippen LogP contribution in [-0.4, -0.2) is 4.92 Å². The molecular weight excluding hydrogens is 206 g/mol. The first-order valence-corrected chi connectivity index (χ1v) is 3.60. The maximum Gasteiger partial charge on any atom is 0.288 e. The van der Waals surface area contributed by atoms with Crippen molar-refractivity contribution in [1.29, 1.82) is 5.26 Å². The van der Waals surface area contributed by atoms with Gasteiger partial charge in [-0.1, -0.05) is 0 Å². The van der Waals surface area contributed by atoms with Crippen molar-refractivity contribution < 1.29 is 13.7 Å². The van der Waals surface area contributed by atoms with E-state index in [2.05, 4.69) is 5.92 Å². The Bertz CT molecular complexity index is 523. The predicted octanol–water partition coefficient (Wildman–Crippen LogP) is 1.75. The summed E-state index contributed by atoms with van der Waals surface area (Å²) in [4.78, 5) is 9.52. The second kappa shape index (κ2) is 4.16. The van der Waals surface area contributed by atoms with Crippen LogP contribution in [0.4, 0.5) is 14.5 Å². The van der Waals surface area contributed by atoms with Crippen LogP contribution in [0.15, 0.2) is 12.1 Å². The molecular formula is C9H2F2N2O2. The van der Waals surface area contributed by atoms with Gasteiger partial charge in [0.25, 0.3) is 5.69 Å². The zero-order valence-electron chi connectivity index (χ0n) is 7.12. The molecule has 0 bridgehead atoms. The highest BCUT2D eigenvalue weighted by atomic mass is 19.2. The van der Waals surface area contributed by atoms with Gasteiger partial charge >= 0.3 is 0 Å². The normalized spacial score (nSPS) is 8.60. The van der Waals surface area contributed by atoms with Crippen LogP contribution in [0.1, 0.15) is 5.56 Å². The molecule has 1 aromatic rings. The Kier molecular flexibility index (Phi) is 2.94. The smallest absolute Gasteiger partial charge is 0.258 e. The summed E-state index contributed by atoms with van der Waals surface area (Å²) in [6, 6.07) is 2.42. The van der Waals surface area contributed by atoms with E-state index >= 15 is 0 Å². The van der Waals surface area contributed by atoms with E-state index in [4.69, 9.17) is 5.26 Å². The summed E-state index contributed by atoms with van der Waals surface area (Å²) in [5, 5.41) is 18.5. The number of hydrogen-bond donors (Lipinski definition) is 0. The Balaban J connectivity index is 3.43. The highest BCUT2D eigenvalue weighted by Crippen LogP contribution is 2.21. The third-order valence-corrected chi connectivity index (χ3v) is 1.49. The minimum absolute atomic E-state index is 0.333. The molecule has 0 amide bonds. The van der Waals surface area contributed by atoms with E-state index < -0.39 is 22.2 Å². The van der Waals surface area contributed by atoms with Crippen molar-refractivity contribution >= 4 is 5.69 Å². The number of nitro groups is 1. The molecule has 1 rings (SSSR count). The lowest BCUT2D eigenvalue weighted by Crippen LogP contribution is -1.96. The molecule has 0 unspecified atom stereocenters. The van der Waals surface area contributed by atoms with Gasteiger partial charge < -0.3 is 0 Å².